The highest BCUT2D eigenvalue weighted by Crippen LogP contribution is 2.41. The number of ketones is 1. The van der Waals surface area contributed by atoms with Gasteiger partial charge in [0.2, 0.25) is 0 Å². The standard InChI is InChI=1S/C24H40N3O8PSi/c1-32-36(29,30)35-14-5-4-10-23-19-27(26-25-23)12-15-34-17-16-33-13-7-11-24(28)22-9-6-8-21(18-22)20-37(2,3)31/h6,8-9,18-19,31H,4-5,7,10-17,20H2,1-3H3,(H,29,30). The number of benzene rings is 1. The van der Waals surface area contributed by atoms with Crippen LogP contribution in [0.25, 0.3) is 0 Å². The fraction of sp³-hybridized carbons (Fsp3) is 0.625. The molecule has 1 aromatic heterocycles. The minimum atomic E-state index is -3.91. The lowest BCUT2D eigenvalue weighted by molar-refractivity contribution is 0.0423. The number of rotatable bonds is 20. The molecule has 1 heterocycles. The van der Waals surface area contributed by atoms with E-state index in [9.17, 15) is 14.2 Å². The molecule has 0 fully saturated rings. The molecule has 13 heteroatoms. The summed E-state index contributed by atoms with van der Waals surface area (Å²) in [6.45, 7) is 6.36. The van der Waals surface area contributed by atoms with Gasteiger partial charge >= 0.3 is 7.82 Å². The van der Waals surface area contributed by atoms with Crippen LogP contribution in [0.5, 0.6) is 0 Å². The summed E-state index contributed by atoms with van der Waals surface area (Å²) in [4.78, 5) is 31.7. The molecule has 11 nitrogen and oxygen atoms in total. The number of unbranched alkanes of at least 4 members (excludes halogenated alkanes) is 1. The summed E-state index contributed by atoms with van der Waals surface area (Å²) < 4.78 is 33.2. The van der Waals surface area contributed by atoms with Gasteiger partial charge < -0.3 is 19.2 Å². The third kappa shape index (κ3) is 14.1. The van der Waals surface area contributed by atoms with Crippen molar-refractivity contribution in [1.82, 2.24) is 15.0 Å². The van der Waals surface area contributed by atoms with Crippen LogP contribution in [0.3, 0.4) is 0 Å². The van der Waals surface area contributed by atoms with E-state index in [1.165, 1.54) is 0 Å². The number of aryl methyl sites for hydroxylation is 1. The zero-order valence-electron chi connectivity index (χ0n) is 22.0. The van der Waals surface area contributed by atoms with Gasteiger partial charge in [0, 0.05) is 31.9 Å². The number of Topliss-reactive ketones (excluding diaryl/α,β-unsaturated/α-hetero) is 1. The van der Waals surface area contributed by atoms with E-state index in [0.717, 1.165) is 24.8 Å². The Bertz CT molecular complexity index is 998. The van der Waals surface area contributed by atoms with E-state index in [1.807, 2.05) is 43.6 Å². The van der Waals surface area contributed by atoms with Crippen LogP contribution in [-0.4, -0.2) is 78.9 Å². The van der Waals surface area contributed by atoms with E-state index in [0.29, 0.717) is 70.3 Å². The van der Waals surface area contributed by atoms with Gasteiger partial charge in [-0.25, -0.2) is 9.25 Å². The lowest BCUT2D eigenvalue weighted by Gasteiger charge is -2.14. The number of carbonyl (C=O) groups is 1. The number of ether oxygens (including phenoxy) is 2. The van der Waals surface area contributed by atoms with Crippen LogP contribution in [0.4, 0.5) is 0 Å². The Labute approximate surface area is 219 Å². The number of nitrogens with zero attached hydrogens (tertiary/aromatic N) is 3. The predicted molar refractivity (Wildman–Crippen MR) is 141 cm³/mol. The molecule has 208 valence electrons. The van der Waals surface area contributed by atoms with Crippen molar-refractivity contribution < 1.29 is 37.6 Å². The molecule has 0 bridgehead atoms. The normalized spacial score (nSPS) is 13.5. The smallest absolute Gasteiger partial charge is 0.432 e. The molecule has 2 aromatic rings. The molecule has 0 amide bonds. The molecule has 0 aliphatic rings. The minimum Gasteiger partial charge on any atom is -0.432 e. The second kappa shape index (κ2) is 16.3. The van der Waals surface area contributed by atoms with Gasteiger partial charge in [-0.3, -0.25) is 13.8 Å². The molecule has 0 radical (unpaired) electrons. The van der Waals surface area contributed by atoms with E-state index in [2.05, 4.69) is 14.8 Å². The van der Waals surface area contributed by atoms with Crippen LogP contribution >= 0.6 is 7.82 Å². The van der Waals surface area contributed by atoms with Crippen molar-refractivity contribution in [2.24, 2.45) is 0 Å². The molecule has 1 unspecified atom stereocenters. The van der Waals surface area contributed by atoms with Crippen molar-refractivity contribution in [2.75, 3.05) is 40.1 Å². The van der Waals surface area contributed by atoms with Crippen molar-refractivity contribution in [3.8, 4) is 0 Å². The van der Waals surface area contributed by atoms with E-state index < -0.39 is 16.1 Å². The molecule has 1 aromatic carbocycles. The fourth-order valence-electron chi connectivity index (χ4n) is 3.52. The summed E-state index contributed by atoms with van der Waals surface area (Å²) in [7, 11) is -4.98. The lowest BCUT2D eigenvalue weighted by Crippen LogP contribution is -2.28. The first kappa shape index (κ1) is 31.5. The lowest BCUT2D eigenvalue weighted by atomic mass is 10.0. The second-order valence-corrected chi connectivity index (χ2v) is 14.9. The van der Waals surface area contributed by atoms with Gasteiger partial charge in [-0.05, 0) is 56.5 Å². The molecule has 0 saturated carbocycles. The highest BCUT2D eigenvalue weighted by atomic mass is 31.2. The Morgan fingerprint density at radius 2 is 1.84 bits per heavy atom. The van der Waals surface area contributed by atoms with Gasteiger partial charge in [0.05, 0.1) is 38.7 Å². The third-order valence-electron chi connectivity index (χ3n) is 5.31. The molecule has 1 atom stereocenters. The highest BCUT2D eigenvalue weighted by molar-refractivity contribution is 7.47. The molecule has 0 saturated heterocycles. The number of phosphoric ester groups is 1. The summed E-state index contributed by atoms with van der Waals surface area (Å²) in [5.41, 5.74) is 2.53. The van der Waals surface area contributed by atoms with Gasteiger partial charge in [-0.15, -0.1) is 5.10 Å². The Kier molecular flexibility index (Phi) is 13.8. The molecular weight excluding hydrogens is 517 g/mol. The van der Waals surface area contributed by atoms with Gasteiger partial charge in [0.15, 0.2) is 14.1 Å². The second-order valence-electron chi connectivity index (χ2n) is 9.36. The maximum atomic E-state index is 12.4. The molecule has 2 N–H and O–H groups in total. The Hall–Kier alpha value is -1.76. The summed E-state index contributed by atoms with van der Waals surface area (Å²) >= 11 is 0. The van der Waals surface area contributed by atoms with Crippen molar-refractivity contribution in [3.05, 3.63) is 47.3 Å². The number of carbonyl (C=O) groups excluding carboxylic acids is 1. The zero-order valence-corrected chi connectivity index (χ0v) is 23.9. The first-order chi connectivity index (χ1) is 17.6. The van der Waals surface area contributed by atoms with Crippen molar-refractivity contribution >= 4 is 21.9 Å². The summed E-state index contributed by atoms with van der Waals surface area (Å²) in [6.07, 6.45) is 4.96. The van der Waals surface area contributed by atoms with E-state index in [-0.39, 0.29) is 12.4 Å². The van der Waals surface area contributed by atoms with Gasteiger partial charge in [0.25, 0.3) is 0 Å². The number of aromatic nitrogens is 3. The van der Waals surface area contributed by atoms with Crippen LogP contribution in [0, 0.1) is 0 Å². The third-order valence-corrected chi connectivity index (χ3v) is 7.56. The number of phosphoric acid groups is 1. The van der Waals surface area contributed by atoms with E-state index in [4.69, 9.17) is 18.9 Å². The van der Waals surface area contributed by atoms with Crippen LogP contribution in [0.2, 0.25) is 13.1 Å². The molecule has 0 aliphatic heterocycles. The summed E-state index contributed by atoms with van der Waals surface area (Å²) in [6, 6.07) is 8.17. The number of hydrogen-bond acceptors (Lipinski definition) is 9. The maximum Gasteiger partial charge on any atom is 0.471 e. The van der Waals surface area contributed by atoms with Gasteiger partial charge in [-0.1, -0.05) is 23.4 Å². The molecular formula is C24H40N3O8PSi. The Balaban J connectivity index is 1.48. The monoisotopic (exact) mass is 557 g/mol. The van der Waals surface area contributed by atoms with Crippen LogP contribution < -0.4 is 0 Å². The first-order valence-corrected chi connectivity index (χ1v) is 17.1. The quantitative estimate of drug-likeness (QED) is 0.108. The zero-order chi connectivity index (χ0) is 27.2. The molecule has 0 aliphatic carbocycles. The summed E-state index contributed by atoms with van der Waals surface area (Å²) in [5, 5.41) is 8.18. The summed E-state index contributed by atoms with van der Waals surface area (Å²) in [5.74, 6) is 0.0849. The average Bonchev–Trinajstić information content (AvgIpc) is 3.29. The minimum absolute atomic E-state index is 0.0849. The van der Waals surface area contributed by atoms with Crippen molar-refractivity contribution in [2.45, 2.75) is 57.8 Å². The van der Waals surface area contributed by atoms with Crippen LogP contribution in [0.15, 0.2) is 30.5 Å². The largest absolute Gasteiger partial charge is 0.471 e. The SMILES string of the molecule is COP(=O)(O)OCCCCc1cn(CCOCCOCCCC(=O)c2cccc(C[Si](C)(C)O)c2)nn1. The average molecular weight is 558 g/mol. The van der Waals surface area contributed by atoms with Crippen LogP contribution in [-0.2, 0) is 42.1 Å². The highest BCUT2D eigenvalue weighted by Gasteiger charge is 2.18. The molecule has 37 heavy (non-hydrogen) atoms. The number of hydrogen-bond donors (Lipinski definition) is 2. The topological polar surface area (TPSA) is 142 Å². The Morgan fingerprint density at radius 1 is 1.08 bits per heavy atom. The van der Waals surface area contributed by atoms with Crippen LogP contribution in [0.1, 0.15) is 47.3 Å². The molecule has 0 spiro atoms. The predicted octanol–water partition coefficient (Wildman–Crippen LogP) is 3.34. The van der Waals surface area contributed by atoms with Crippen molar-refractivity contribution in [1.29, 1.82) is 0 Å². The van der Waals surface area contributed by atoms with Gasteiger partial charge in [0.1, 0.15) is 0 Å². The Morgan fingerprint density at radius 3 is 2.57 bits per heavy atom. The van der Waals surface area contributed by atoms with E-state index >= 15 is 0 Å². The maximum absolute atomic E-state index is 12.4. The molecule has 2 rings (SSSR count). The van der Waals surface area contributed by atoms with E-state index in [1.54, 1.807) is 4.68 Å². The van der Waals surface area contributed by atoms with Crippen molar-refractivity contribution in [3.63, 3.8) is 0 Å². The fourth-order valence-corrected chi connectivity index (χ4v) is 5.20. The first-order valence-electron chi connectivity index (χ1n) is 12.5. The van der Waals surface area contributed by atoms with Gasteiger partial charge in [-0.2, -0.15) is 0 Å².